The van der Waals surface area contributed by atoms with Crippen LogP contribution in [0.1, 0.15) is 112 Å². The van der Waals surface area contributed by atoms with Crippen molar-refractivity contribution in [3.05, 3.63) is 0 Å². The van der Waals surface area contributed by atoms with E-state index in [-0.39, 0.29) is 12.0 Å². The van der Waals surface area contributed by atoms with Gasteiger partial charge in [0, 0.05) is 19.5 Å². The van der Waals surface area contributed by atoms with Crippen molar-refractivity contribution in [2.24, 2.45) is 0 Å². The minimum atomic E-state index is -1.08. The molecule has 3 rings (SSSR count). The predicted octanol–water partition coefficient (Wildman–Crippen LogP) is 3.59. The number of carboxylic acids is 1. The Bertz CT molecular complexity index is 795. The topological polar surface area (TPSA) is 103 Å². The van der Waals surface area contributed by atoms with Gasteiger partial charge in [0.2, 0.25) is 10.0 Å². The zero-order valence-corrected chi connectivity index (χ0v) is 25.0. The first-order valence-electron chi connectivity index (χ1n) is 13.6. The predicted molar refractivity (Wildman–Crippen MR) is 143 cm³/mol. The van der Waals surface area contributed by atoms with E-state index in [2.05, 4.69) is 38.1 Å². The minimum Gasteiger partial charge on any atom is -0.550 e. The van der Waals surface area contributed by atoms with Crippen LogP contribution < -0.4 is 15.7 Å². The van der Waals surface area contributed by atoms with E-state index in [9.17, 15) is 4.79 Å². The van der Waals surface area contributed by atoms with Crippen LogP contribution >= 0.6 is 15.9 Å². The van der Waals surface area contributed by atoms with E-state index in [0.29, 0.717) is 12.1 Å². The van der Waals surface area contributed by atoms with Crippen LogP contribution in [0.3, 0.4) is 0 Å². The fourth-order valence-electron chi connectivity index (χ4n) is 5.65. The van der Waals surface area contributed by atoms with Gasteiger partial charge in [0.25, 0.3) is 0 Å². The average Bonchev–Trinajstić information content (AvgIpc) is 3.20. The highest BCUT2D eigenvalue weighted by Gasteiger charge is 2.69. The highest BCUT2D eigenvalue weighted by atomic mass is 79.9. The third-order valence-corrected chi connectivity index (χ3v) is 9.04. The summed E-state index contributed by atoms with van der Waals surface area (Å²) in [5.74, 6) is -0.337. The van der Waals surface area contributed by atoms with Gasteiger partial charge >= 0.3 is 11.9 Å². The number of carboxylic acid groups (broad SMARTS) is 1. The standard InChI is InChI=1S/C25H44BrN3O3.C2H4O2/c1-7-8-9-10-11-12-13-14-18-17-19-15-16-20-25(26,21(30)32-23(2,3)4)24(5,31-6)28-22(27-18)29(19)20;1-2(3)4/h18-20H,7-17H2,1-6H3,(H,27,28);1H3,(H,3,4)/t18-,19+,20+,24+,25+;/m1./s1. The van der Waals surface area contributed by atoms with Crippen LogP contribution in [0.25, 0.3) is 0 Å². The van der Waals surface area contributed by atoms with Gasteiger partial charge in [0.05, 0.1) is 12.1 Å². The molecule has 3 heterocycles. The molecule has 208 valence electrons. The molecule has 0 spiro atoms. The number of unbranched alkanes of at least 4 members (excludes halogenated alkanes) is 6. The molecule has 0 bridgehead atoms. The number of hydrogen-bond donors (Lipinski definition) is 2. The molecule has 8 nitrogen and oxygen atoms in total. The minimum absolute atomic E-state index is 0.0180. The molecule has 0 radical (unpaired) electrons. The fourth-order valence-corrected chi connectivity index (χ4v) is 6.45. The Morgan fingerprint density at radius 1 is 1.14 bits per heavy atom. The molecule has 0 aromatic carbocycles. The lowest BCUT2D eigenvalue weighted by molar-refractivity contribution is -0.599. The fraction of sp³-hybridized carbons (Fsp3) is 0.889. The Hall–Kier alpha value is -1.35. The maximum atomic E-state index is 13.5. The highest BCUT2D eigenvalue weighted by molar-refractivity contribution is 9.10. The molecule has 3 aliphatic heterocycles. The van der Waals surface area contributed by atoms with Crippen LogP contribution in [0.5, 0.6) is 0 Å². The second-order valence-corrected chi connectivity index (χ2v) is 12.8. The number of esters is 1. The number of nitrogens with zero attached hydrogens (tertiary/aromatic N) is 1. The Kier molecular flexibility index (Phi) is 11.1. The number of carbonyl (C=O) groups is 2. The van der Waals surface area contributed by atoms with Gasteiger partial charge in [-0.1, -0.05) is 67.8 Å². The third-order valence-electron chi connectivity index (χ3n) is 7.43. The second kappa shape index (κ2) is 12.9. The third kappa shape index (κ3) is 7.36. The number of aliphatic carboxylic acids is 1. The number of halogens is 1. The lowest BCUT2D eigenvalue weighted by Gasteiger charge is -2.49. The van der Waals surface area contributed by atoms with E-state index >= 15 is 0 Å². The molecular weight excluding hydrogens is 526 g/mol. The monoisotopic (exact) mass is 573 g/mol. The smallest absolute Gasteiger partial charge is 0.348 e. The number of alkyl halides is 1. The van der Waals surface area contributed by atoms with Crippen LogP contribution in [0.2, 0.25) is 0 Å². The molecule has 0 saturated carbocycles. The normalized spacial score (nSPS) is 30.9. The summed E-state index contributed by atoms with van der Waals surface area (Å²) in [4.78, 5) is 22.3. The quantitative estimate of drug-likeness (QED) is 0.178. The summed E-state index contributed by atoms with van der Waals surface area (Å²) in [6.45, 7) is 10.9. The summed E-state index contributed by atoms with van der Waals surface area (Å²) in [6, 6.07) is 0.897. The van der Waals surface area contributed by atoms with Crippen LogP contribution in [-0.4, -0.2) is 63.4 Å². The van der Waals surface area contributed by atoms with Crippen LogP contribution in [0.4, 0.5) is 0 Å². The van der Waals surface area contributed by atoms with Gasteiger partial charge in [-0.25, -0.2) is 5.32 Å². The van der Waals surface area contributed by atoms with Gasteiger partial charge in [-0.15, -0.1) is 0 Å². The molecule has 0 aromatic heterocycles. The Morgan fingerprint density at radius 2 is 1.72 bits per heavy atom. The van der Waals surface area contributed by atoms with E-state index in [4.69, 9.17) is 19.4 Å². The van der Waals surface area contributed by atoms with Crippen molar-refractivity contribution < 1.29 is 28.7 Å². The lowest BCUT2D eigenvalue weighted by Crippen LogP contribution is -2.78. The van der Waals surface area contributed by atoms with Crippen molar-refractivity contribution in [3.63, 3.8) is 0 Å². The maximum absolute atomic E-state index is 13.5. The lowest BCUT2D eigenvalue weighted by atomic mass is 9.85. The number of nitrogens with one attached hydrogen (secondary N) is 2. The van der Waals surface area contributed by atoms with Crippen LogP contribution in [0, 0.1) is 0 Å². The zero-order valence-electron chi connectivity index (χ0n) is 23.4. The molecule has 2 N–H and O–H groups in total. The summed E-state index contributed by atoms with van der Waals surface area (Å²) in [7, 11) is 1.66. The van der Waals surface area contributed by atoms with Crippen molar-refractivity contribution in [1.29, 1.82) is 0 Å². The van der Waals surface area contributed by atoms with Gasteiger partial charge in [-0.05, 0) is 53.9 Å². The molecule has 5 atom stereocenters. The zero-order chi connectivity index (χ0) is 27.1. The van der Waals surface area contributed by atoms with Gasteiger partial charge in [0.15, 0.2) is 0 Å². The van der Waals surface area contributed by atoms with E-state index in [0.717, 1.165) is 32.1 Å². The molecule has 36 heavy (non-hydrogen) atoms. The number of carbonyl (C=O) groups excluding carboxylic acids is 2. The van der Waals surface area contributed by atoms with E-state index in [1.54, 1.807) is 7.11 Å². The van der Waals surface area contributed by atoms with E-state index in [1.165, 1.54) is 51.4 Å². The number of ether oxygens (including phenoxy) is 2. The molecule has 3 aliphatic rings. The molecule has 9 heteroatoms. The number of methoxy groups -OCH3 is 1. The number of hydrogen-bond acceptors (Lipinski definition) is 7. The second-order valence-electron chi connectivity index (χ2n) is 11.6. The van der Waals surface area contributed by atoms with E-state index in [1.807, 2.05) is 27.7 Å². The summed E-state index contributed by atoms with van der Waals surface area (Å²) in [6.07, 6.45) is 13.7. The first-order valence-corrected chi connectivity index (χ1v) is 14.4. The van der Waals surface area contributed by atoms with Gasteiger partial charge in [-0.2, -0.15) is 0 Å². The van der Waals surface area contributed by atoms with Crippen molar-refractivity contribution in [3.8, 4) is 0 Å². The largest absolute Gasteiger partial charge is 0.550 e. The van der Waals surface area contributed by atoms with Crippen LogP contribution in [-0.2, 0) is 19.1 Å². The molecule has 0 aromatic rings. The van der Waals surface area contributed by atoms with Crippen molar-refractivity contribution in [2.75, 3.05) is 7.11 Å². The van der Waals surface area contributed by atoms with Crippen LogP contribution in [0.15, 0.2) is 0 Å². The first-order chi connectivity index (χ1) is 16.8. The van der Waals surface area contributed by atoms with Gasteiger partial charge in [-0.3, -0.25) is 14.7 Å². The number of guanidine groups is 1. The van der Waals surface area contributed by atoms with Crippen molar-refractivity contribution in [1.82, 2.24) is 10.6 Å². The average molecular weight is 575 g/mol. The SMILES string of the molecule is CC(=O)[O-].CCCCCCCCC[C@@H]1C[C@@H]2CC[C@@H]3[N+]2=C(N1)N[C@@](C)(OC)[C@@]3(Br)C(=O)OC(C)(C)C. The molecule has 0 unspecified atom stereocenters. The van der Waals surface area contributed by atoms with E-state index < -0.39 is 21.6 Å². The Labute approximate surface area is 226 Å². The molecule has 0 aliphatic carbocycles. The molecule has 1 fully saturated rings. The van der Waals surface area contributed by atoms with Gasteiger partial charge in [0.1, 0.15) is 11.6 Å². The Balaban J connectivity index is 0.00000106. The maximum Gasteiger partial charge on any atom is 0.348 e. The summed E-state index contributed by atoms with van der Waals surface area (Å²) in [5, 5.41) is 16.2. The Morgan fingerprint density at radius 3 is 2.28 bits per heavy atom. The molecular formula is C27H48BrN3O5. The summed E-state index contributed by atoms with van der Waals surface area (Å²) < 4.78 is 13.2. The number of rotatable bonds is 10. The first kappa shape index (κ1) is 30.9. The molecule has 1 saturated heterocycles. The van der Waals surface area contributed by atoms with Gasteiger partial charge < -0.3 is 19.4 Å². The van der Waals surface area contributed by atoms with Crippen molar-refractivity contribution >= 4 is 33.8 Å². The summed E-state index contributed by atoms with van der Waals surface area (Å²) in [5.41, 5.74) is -1.48. The highest BCUT2D eigenvalue weighted by Crippen LogP contribution is 2.47. The van der Waals surface area contributed by atoms with Crippen molar-refractivity contribution in [2.45, 2.75) is 146 Å². The summed E-state index contributed by atoms with van der Waals surface area (Å²) >= 11 is 3.86. The molecule has 0 amide bonds.